The summed E-state index contributed by atoms with van der Waals surface area (Å²) in [6.45, 7) is 1.99. The molecule has 0 bridgehead atoms. The first kappa shape index (κ1) is 13.0. The van der Waals surface area contributed by atoms with Gasteiger partial charge in [0.25, 0.3) is 0 Å². The zero-order chi connectivity index (χ0) is 12.0. The molecule has 1 amide bonds. The van der Waals surface area contributed by atoms with Crippen LogP contribution in [0, 0.1) is 5.92 Å². The van der Waals surface area contributed by atoms with Crippen LogP contribution in [0.4, 0.5) is 0 Å². The summed E-state index contributed by atoms with van der Waals surface area (Å²) in [5.41, 5.74) is 0. The van der Waals surface area contributed by atoms with Gasteiger partial charge in [-0.3, -0.25) is 9.59 Å². The molecule has 0 aromatic heterocycles. The molecule has 92 valence electrons. The molecular formula is C12H21NO3. The van der Waals surface area contributed by atoms with Crippen molar-refractivity contribution in [3.63, 3.8) is 0 Å². The minimum Gasteiger partial charge on any atom is -0.481 e. The molecule has 0 aliphatic heterocycles. The lowest BCUT2D eigenvalue weighted by molar-refractivity contribution is -0.138. The van der Waals surface area contributed by atoms with Crippen LogP contribution in [0.1, 0.15) is 51.9 Å². The van der Waals surface area contributed by atoms with E-state index in [9.17, 15) is 9.59 Å². The molecule has 2 N–H and O–H groups in total. The number of carbonyl (C=O) groups is 2. The second kappa shape index (κ2) is 6.51. The van der Waals surface area contributed by atoms with Crippen molar-refractivity contribution < 1.29 is 14.7 Å². The van der Waals surface area contributed by atoms with Crippen molar-refractivity contribution in [2.45, 2.75) is 57.9 Å². The number of nitrogens with one attached hydrogen (secondary N) is 1. The molecule has 0 unspecified atom stereocenters. The summed E-state index contributed by atoms with van der Waals surface area (Å²) in [5.74, 6) is -0.278. The Morgan fingerprint density at radius 1 is 1.25 bits per heavy atom. The minimum atomic E-state index is -0.710. The lowest BCUT2D eigenvalue weighted by atomic mass is 9.84. The SMILES string of the molecule is CCCC(=O)NC1CCC(CC(=O)O)CC1. The molecule has 4 heteroatoms. The normalized spacial score (nSPS) is 25.1. The standard InChI is InChI=1S/C12H21NO3/c1-2-3-11(14)13-10-6-4-9(5-7-10)8-12(15)16/h9-10H,2-8H2,1H3,(H,13,14)(H,15,16). The predicted octanol–water partition coefficient (Wildman–Crippen LogP) is 1.94. The molecule has 4 nitrogen and oxygen atoms in total. The van der Waals surface area contributed by atoms with Crippen molar-refractivity contribution in [3.05, 3.63) is 0 Å². The number of hydrogen-bond donors (Lipinski definition) is 2. The molecule has 0 radical (unpaired) electrons. The lowest BCUT2D eigenvalue weighted by Crippen LogP contribution is -2.37. The molecule has 16 heavy (non-hydrogen) atoms. The quantitative estimate of drug-likeness (QED) is 0.754. The average molecular weight is 227 g/mol. The van der Waals surface area contributed by atoms with Crippen LogP contribution in [0.5, 0.6) is 0 Å². The molecule has 0 saturated heterocycles. The van der Waals surface area contributed by atoms with Gasteiger partial charge in [-0.1, -0.05) is 6.92 Å². The maximum atomic E-state index is 11.4. The van der Waals surface area contributed by atoms with E-state index >= 15 is 0 Å². The van der Waals surface area contributed by atoms with Crippen molar-refractivity contribution in [2.75, 3.05) is 0 Å². The van der Waals surface area contributed by atoms with Crippen LogP contribution in [-0.2, 0) is 9.59 Å². The van der Waals surface area contributed by atoms with Gasteiger partial charge >= 0.3 is 5.97 Å². The van der Waals surface area contributed by atoms with Crippen LogP contribution in [0.25, 0.3) is 0 Å². The van der Waals surface area contributed by atoms with Gasteiger partial charge in [0.1, 0.15) is 0 Å². The summed E-state index contributed by atoms with van der Waals surface area (Å²) in [7, 11) is 0. The van der Waals surface area contributed by atoms with Crippen LogP contribution >= 0.6 is 0 Å². The third kappa shape index (κ3) is 4.64. The van der Waals surface area contributed by atoms with Gasteiger partial charge in [-0.05, 0) is 38.0 Å². The number of carboxylic acid groups (broad SMARTS) is 1. The predicted molar refractivity (Wildman–Crippen MR) is 61.0 cm³/mol. The summed E-state index contributed by atoms with van der Waals surface area (Å²) in [5, 5.41) is 11.7. The molecule has 0 atom stereocenters. The Labute approximate surface area is 96.4 Å². The van der Waals surface area contributed by atoms with E-state index in [0.717, 1.165) is 32.1 Å². The number of carbonyl (C=O) groups excluding carboxylic acids is 1. The Kier molecular flexibility index (Phi) is 5.29. The number of rotatable bonds is 5. The highest BCUT2D eigenvalue weighted by atomic mass is 16.4. The van der Waals surface area contributed by atoms with Gasteiger partial charge in [0.05, 0.1) is 0 Å². The van der Waals surface area contributed by atoms with E-state index in [4.69, 9.17) is 5.11 Å². The summed E-state index contributed by atoms with van der Waals surface area (Å²) >= 11 is 0. The Morgan fingerprint density at radius 2 is 1.88 bits per heavy atom. The largest absolute Gasteiger partial charge is 0.481 e. The van der Waals surface area contributed by atoms with Crippen molar-refractivity contribution >= 4 is 11.9 Å². The Balaban J connectivity index is 2.21. The fourth-order valence-electron chi connectivity index (χ4n) is 2.28. The zero-order valence-corrected chi connectivity index (χ0v) is 9.87. The van der Waals surface area contributed by atoms with Crippen molar-refractivity contribution in [1.82, 2.24) is 5.32 Å². The molecule has 0 heterocycles. The highest BCUT2D eigenvalue weighted by Gasteiger charge is 2.23. The van der Waals surface area contributed by atoms with Crippen LogP contribution in [-0.4, -0.2) is 23.0 Å². The fourth-order valence-corrected chi connectivity index (χ4v) is 2.28. The van der Waals surface area contributed by atoms with Crippen LogP contribution in [0.15, 0.2) is 0 Å². The fraction of sp³-hybridized carbons (Fsp3) is 0.833. The number of aliphatic carboxylic acids is 1. The molecule has 1 saturated carbocycles. The lowest BCUT2D eigenvalue weighted by Gasteiger charge is -2.28. The maximum Gasteiger partial charge on any atom is 0.303 e. The highest BCUT2D eigenvalue weighted by Crippen LogP contribution is 2.26. The van der Waals surface area contributed by atoms with Crippen LogP contribution < -0.4 is 5.32 Å². The van der Waals surface area contributed by atoms with E-state index in [0.29, 0.717) is 12.3 Å². The van der Waals surface area contributed by atoms with E-state index < -0.39 is 5.97 Å². The van der Waals surface area contributed by atoms with Crippen molar-refractivity contribution in [2.24, 2.45) is 5.92 Å². The molecule has 0 aromatic carbocycles. The number of amides is 1. The molecule has 1 fully saturated rings. The number of carboxylic acids is 1. The van der Waals surface area contributed by atoms with Gasteiger partial charge in [-0.15, -0.1) is 0 Å². The minimum absolute atomic E-state index is 0.129. The Hall–Kier alpha value is -1.06. The highest BCUT2D eigenvalue weighted by molar-refractivity contribution is 5.76. The average Bonchev–Trinajstić information content (AvgIpc) is 2.20. The third-order valence-electron chi connectivity index (χ3n) is 3.15. The van der Waals surface area contributed by atoms with E-state index in [1.165, 1.54) is 0 Å². The van der Waals surface area contributed by atoms with Gasteiger partial charge < -0.3 is 10.4 Å². The van der Waals surface area contributed by atoms with Gasteiger partial charge in [0, 0.05) is 18.9 Å². The molecule has 0 aromatic rings. The van der Waals surface area contributed by atoms with Crippen molar-refractivity contribution in [1.29, 1.82) is 0 Å². The summed E-state index contributed by atoms with van der Waals surface area (Å²) < 4.78 is 0. The first-order chi connectivity index (χ1) is 7.61. The van der Waals surface area contributed by atoms with E-state index in [2.05, 4.69) is 5.32 Å². The smallest absolute Gasteiger partial charge is 0.303 e. The second-order valence-corrected chi connectivity index (χ2v) is 4.63. The van der Waals surface area contributed by atoms with Gasteiger partial charge in [0.15, 0.2) is 0 Å². The zero-order valence-electron chi connectivity index (χ0n) is 9.87. The Bertz CT molecular complexity index is 245. The molecule has 1 aliphatic carbocycles. The summed E-state index contributed by atoms with van der Waals surface area (Å²) in [4.78, 5) is 21.9. The molecule has 0 spiro atoms. The van der Waals surface area contributed by atoms with E-state index in [-0.39, 0.29) is 18.4 Å². The molecule has 1 aliphatic rings. The van der Waals surface area contributed by atoms with Gasteiger partial charge in [0.2, 0.25) is 5.91 Å². The van der Waals surface area contributed by atoms with Crippen LogP contribution in [0.2, 0.25) is 0 Å². The monoisotopic (exact) mass is 227 g/mol. The van der Waals surface area contributed by atoms with E-state index in [1.807, 2.05) is 6.92 Å². The first-order valence-electron chi connectivity index (χ1n) is 6.13. The third-order valence-corrected chi connectivity index (χ3v) is 3.15. The molecule has 1 rings (SSSR count). The van der Waals surface area contributed by atoms with E-state index in [1.54, 1.807) is 0 Å². The topological polar surface area (TPSA) is 66.4 Å². The van der Waals surface area contributed by atoms with Crippen molar-refractivity contribution in [3.8, 4) is 0 Å². The first-order valence-corrected chi connectivity index (χ1v) is 6.13. The summed E-state index contributed by atoms with van der Waals surface area (Å²) in [6, 6.07) is 0.268. The Morgan fingerprint density at radius 3 is 2.38 bits per heavy atom. The van der Waals surface area contributed by atoms with Gasteiger partial charge in [-0.2, -0.15) is 0 Å². The number of hydrogen-bond acceptors (Lipinski definition) is 2. The summed E-state index contributed by atoms with van der Waals surface area (Å²) in [6.07, 6.45) is 5.43. The molecular weight excluding hydrogens is 206 g/mol. The maximum absolute atomic E-state index is 11.4. The second-order valence-electron chi connectivity index (χ2n) is 4.63. The van der Waals surface area contributed by atoms with Crippen LogP contribution in [0.3, 0.4) is 0 Å². The van der Waals surface area contributed by atoms with Gasteiger partial charge in [-0.25, -0.2) is 0 Å².